The van der Waals surface area contributed by atoms with Gasteiger partial charge < -0.3 is 4.74 Å². The number of Topliss-reactive ketones (excluding diaryl/α,β-unsaturated/α-hetero) is 1. The van der Waals surface area contributed by atoms with Crippen LogP contribution in [0.4, 0.5) is 0 Å². The Kier molecular flexibility index (Phi) is 2.68. The molecule has 0 amide bonds. The molecule has 1 unspecified atom stereocenters. The third kappa shape index (κ3) is 1.66. The van der Waals surface area contributed by atoms with Crippen molar-refractivity contribution < 1.29 is 9.53 Å². The van der Waals surface area contributed by atoms with Crippen LogP contribution in [0.1, 0.15) is 52.0 Å². The minimum absolute atomic E-state index is 0.0808. The first-order valence-electron chi connectivity index (χ1n) is 6.86. The van der Waals surface area contributed by atoms with Crippen LogP contribution in [0.5, 0.6) is 5.75 Å². The number of ether oxygens (including phenoxy) is 1. The molecule has 0 N–H and O–H groups in total. The third-order valence-corrected chi connectivity index (χ3v) is 4.42. The summed E-state index contributed by atoms with van der Waals surface area (Å²) in [7, 11) is 0. The fourth-order valence-corrected chi connectivity index (χ4v) is 3.20. The molecule has 2 aliphatic carbocycles. The highest BCUT2D eigenvalue weighted by Gasteiger charge is 2.57. The quantitative estimate of drug-likeness (QED) is 0.826. The number of hydrogen-bond donors (Lipinski definition) is 0. The molecule has 98 valence electrons. The molecular formula is C14H20N2O2. The summed E-state index contributed by atoms with van der Waals surface area (Å²) >= 11 is 0. The SMILES string of the molecule is CC(C)n1cc(OC2CC(=O)C23CCCC3)cn1. The van der Waals surface area contributed by atoms with Crippen LogP contribution >= 0.6 is 0 Å². The molecule has 2 saturated carbocycles. The van der Waals surface area contributed by atoms with Crippen LogP contribution in [-0.4, -0.2) is 21.7 Å². The number of hydrogen-bond acceptors (Lipinski definition) is 3. The first kappa shape index (κ1) is 11.8. The van der Waals surface area contributed by atoms with Gasteiger partial charge in [-0.25, -0.2) is 0 Å². The standard InChI is InChI=1S/C14H20N2O2/c1-10(2)16-9-11(8-15-16)18-13-7-12(17)14(13)5-3-4-6-14/h8-10,13H,3-7H2,1-2H3. The summed E-state index contributed by atoms with van der Waals surface area (Å²) in [6.07, 6.45) is 8.68. The molecule has 0 saturated heterocycles. The second-order valence-corrected chi connectivity index (χ2v) is 5.85. The molecule has 1 spiro atoms. The van der Waals surface area contributed by atoms with E-state index in [9.17, 15) is 4.79 Å². The Labute approximate surface area is 107 Å². The van der Waals surface area contributed by atoms with E-state index in [0.717, 1.165) is 31.4 Å². The van der Waals surface area contributed by atoms with Crippen molar-refractivity contribution in [2.75, 3.05) is 0 Å². The highest BCUT2D eigenvalue weighted by molar-refractivity contribution is 5.92. The van der Waals surface area contributed by atoms with Gasteiger partial charge in [0.05, 0.1) is 17.8 Å². The first-order valence-corrected chi connectivity index (χ1v) is 6.86. The Balaban J connectivity index is 1.71. The van der Waals surface area contributed by atoms with Gasteiger partial charge in [-0.1, -0.05) is 12.8 Å². The Morgan fingerprint density at radius 1 is 1.44 bits per heavy atom. The molecule has 0 aromatic carbocycles. The van der Waals surface area contributed by atoms with Gasteiger partial charge in [-0.2, -0.15) is 5.10 Å². The van der Waals surface area contributed by atoms with Crippen LogP contribution in [0, 0.1) is 5.41 Å². The van der Waals surface area contributed by atoms with E-state index in [-0.39, 0.29) is 11.5 Å². The summed E-state index contributed by atoms with van der Waals surface area (Å²) in [6, 6.07) is 0.339. The maximum atomic E-state index is 11.9. The van der Waals surface area contributed by atoms with Crippen LogP contribution in [0.2, 0.25) is 0 Å². The zero-order valence-electron chi connectivity index (χ0n) is 11.1. The van der Waals surface area contributed by atoms with Crippen molar-refractivity contribution in [1.82, 2.24) is 9.78 Å². The van der Waals surface area contributed by atoms with Crippen molar-refractivity contribution in [2.45, 2.75) is 58.1 Å². The molecule has 18 heavy (non-hydrogen) atoms. The van der Waals surface area contributed by atoms with Crippen LogP contribution in [0.3, 0.4) is 0 Å². The van der Waals surface area contributed by atoms with Crippen molar-refractivity contribution >= 4 is 5.78 Å². The van der Waals surface area contributed by atoms with E-state index in [1.54, 1.807) is 6.20 Å². The van der Waals surface area contributed by atoms with Gasteiger partial charge >= 0.3 is 0 Å². The molecule has 0 aliphatic heterocycles. The van der Waals surface area contributed by atoms with Crippen molar-refractivity contribution in [2.24, 2.45) is 5.41 Å². The second-order valence-electron chi connectivity index (χ2n) is 5.85. The van der Waals surface area contributed by atoms with Crippen molar-refractivity contribution in [1.29, 1.82) is 0 Å². The number of carbonyl (C=O) groups excluding carboxylic acids is 1. The number of carbonyl (C=O) groups is 1. The van der Waals surface area contributed by atoms with Gasteiger partial charge in [0.25, 0.3) is 0 Å². The molecule has 4 heteroatoms. The maximum Gasteiger partial charge on any atom is 0.157 e. The summed E-state index contributed by atoms with van der Waals surface area (Å²) in [6.45, 7) is 4.17. The van der Waals surface area contributed by atoms with Gasteiger partial charge in [-0.15, -0.1) is 0 Å². The highest BCUT2D eigenvalue weighted by atomic mass is 16.5. The maximum absolute atomic E-state index is 11.9. The third-order valence-electron chi connectivity index (χ3n) is 4.42. The van der Waals surface area contributed by atoms with Crippen molar-refractivity contribution in [3.8, 4) is 5.75 Å². The average Bonchev–Trinajstić information content (AvgIpc) is 2.99. The lowest BCUT2D eigenvalue weighted by Crippen LogP contribution is -2.55. The van der Waals surface area contributed by atoms with Gasteiger partial charge in [-0.3, -0.25) is 9.48 Å². The van der Waals surface area contributed by atoms with E-state index in [4.69, 9.17) is 4.74 Å². The van der Waals surface area contributed by atoms with Gasteiger partial charge in [0, 0.05) is 12.5 Å². The van der Waals surface area contributed by atoms with Gasteiger partial charge in [0.15, 0.2) is 5.75 Å². The monoisotopic (exact) mass is 248 g/mol. The molecule has 0 bridgehead atoms. The second kappa shape index (κ2) is 4.11. The van der Waals surface area contributed by atoms with Crippen molar-refractivity contribution in [3.05, 3.63) is 12.4 Å². The molecule has 1 atom stereocenters. The zero-order valence-corrected chi connectivity index (χ0v) is 11.1. The van der Waals surface area contributed by atoms with E-state index in [2.05, 4.69) is 18.9 Å². The van der Waals surface area contributed by atoms with Crippen LogP contribution in [0.25, 0.3) is 0 Å². The fourth-order valence-electron chi connectivity index (χ4n) is 3.20. The summed E-state index contributed by atoms with van der Waals surface area (Å²) in [5.74, 6) is 1.20. The summed E-state index contributed by atoms with van der Waals surface area (Å²) in [5, 5.41) is 4.27. The first-order chi connectivity index (χ1) is 8.62. The lowest BCUT2D eigenvalue weighted by atomic mass is 9.63. The minimum atomic E-state index is -0.153. The summed E-state index contributed by atoms with van der Waals surface area (Å²) in [5.41, 5.74) is -0.153. The molecule has 2 fully saturated rings. The number of aromatic nitrogens is 2. The molecule has 4 nitrogen and oxygen atoms in total. The van der Waals surface area contributed by atoms with Gasteiger partial charge in [-0.05, 0) is 26.7 Å². The normalized spacial score (nSPS) is 25.7. The molecule has 2 aliphatic rings. The Morgan fingerprint density at radius 3 is 2.72 bits per heavy atom. The lowest BCUT2D eigenvalue weighted by Gasteiger charge is -2.44. The largest absolute Gasteiger partial charge is 0.486 e. The molecule has 0 radical (unpaired) electrons. The predicted molar refractivity (Wildman–Crippen MR) is 67.6 cm³/mol. The minimum Gasteiger partial charge on any atom is -0.486 e. The summed E-state index contributed by atoms with van der Waals surface area (Å²) in [4.78, 5) is 11.9. The van der Waals surface area contributed by atoms with E-state index in [0.29, 0.717) is 18.2 Å². The number of nitrogens with zero attached hydrogens (tertiary/aromatic N) is 2. The zero-order chi connectivity index (χ0) is 12.8. The summed E-state index contributed by atoms with van der Waals surface area (Å²) < 4.78 is 7.87. The smallest absolute Gasteiger partial charge is 0.157 e. The fraction of sp³-hybridized carbons (Fsp3) is 0.714. The lowest BCUT2D eigenvalue weighted by molar-refractivity contribution is -0.151. The highest BCUT2D eigenvalue weighted by Crippen LogP contribution is 2.51. The van der Waals surface area contributed by atoms with Crippen LogP contribution in [-0.2, 0) is 4.79 Å². The van der Waals surface area contributed by atoms with E-state index in [1.807, 2.05) is 10.9 Å². The Hall–Kier alpha value is -1.32. The number of rotatable bonds is 3. The van der Waals surface area contributed by atoms with E-state index < -0.39 is 0 Å². The van der Waals surface area contributed by atoms with E-state index >= 15 is 0 Å². The van der Waals surface area contributed by atoms with Crippen molar-refractivity contribution in [3.63, 3.8) is 0 Å². The number of ketones is 1. The van der Waals surface area contributed by atoms with Crippen LogP contribution in [0.15, 0.2) is 12.4 Å². The average molecular weight is 248 g/mol. The van der Waals surface area contributed by atoms with Gasteiger partial charge in [0.2, 0.25) is 0 Å². The van der Waals surface area contributed by atoms with Gasteiger partial charge in [0.1, 0.15) is 11.9 Å². The molecule has 1 aromatic rings. The topological polar surface area (TPSA) is 44.1 Å². The predicted octanol–water partition coefficient (Wildman–Crippen LogP) is 2.74. The Morgan fingerprint density at radius 2 is 2.17 bits per heavy atom. The molecule has 1 aromatic heterocycles. The molecule has 3 rings (SSSR count). The van der Waals surface area contributed by atoms with E-state index in [1.165, 1.54) is 0 Å². The molecular weight excluding hydrogens is 228 g/mol. The van der Waals surface area contributed by atoms with Crippen LogP contribution < -0.4 is 4.74 Å². The Bertz CT molecular complexity index is 458. The molecule has 1 heterocycles.